The smallest absolute Gasteiger partial charge is 0.315 e. The minimum absolute atomic E-state index is 0.114. The van der Waals surface area contributed by atoms with E-state index in [9.17, 15) is 4.79 Å². The highest BCUT2D eigenvalue weighted by atomic mass is 16.5. The predicted molar refractivity (Wildman–Crippen MR) is 85.7 cm³/mol. The van der Waals surface area contributed by atoms with Crippen molar-refractivity contribution in [3.8, 4) is 0 Å². The summed E-state index contributed by atoms with van der Waals surface area (Å²) in [5.74, 6) is 0. The first kappa shape index (κ1) is 16.7. The summed E-state index contributed by atoms with van der Waals surface area (Å²) in [6.45, 7) is 7.82. The van der Waals surface area contributed by atoms with Crippen LogP contribution in [0.15, 0.2) is 24.5 Å². The van der Waals surface area contributed by atoms with Gasteiger partial charge in [-0.25, -0.2) is 4.79 Å². The average Bonchev–Trinajstić information content (AvgIpc) is 2.57. The zero-order valence-corrected chi connectivity index (χ0v) is 13.4. The van der Waals surface area contributed by atoms with E-state index in [1.165, 1.54) is 0 Å². The lowest BCUT2D eigenvalue weighted by Gasteiger charge is -2.34. The normalized spacial score (nSPS) is 18.5. The van der Waals surface area contributed by atoms with Crippen LogP contribution < -0.4 is 10.6 Å². The summed E-state index contributed by atoms with van der Waals surface area (Å²) in [6.07, 6.45) is 4.56. The minimum atomic E-state index is -0.114. The molecule has 1 aliphatic heterocycles. The van der Waals surface area contributed by atoms with Crippen molar-refractivity contribution >= 4 is 6.03 Å². The molecular weight excluding hydrogens is 280 g/mol. The van der Waals surface area contributed by atoms with Crippen molar-refractivity contribution in [3.63, 3.8) is 0 Å². The van der Waals surface area contributed by atoms with E-state index in [1.807, 2.05) is 19.2 Å². The van der Waals surface area contributed by atoms with Gasteiger partial charge >= 0.3 is 6.03 Å². The summed E-state index contributed by atoms with van der Waals surface area (Å²) < 4.78 is 5.42. The van der Waals surface area contributed by atoms with Gasteiger partial charge in [-0.2, -0.15) is 0 Å². The molecule has 1 fully saturated rings. The second kappa shape index (κ2) is 8.70. The lowest BCUT2D eigenvalue weighted by atomic mass is 10.1. The van der Waals surface area contributed by atoms with Crippen LogP contribution in [0.5, 0.6) is 0 Å². The van der Waals surface area contributed by atoms with Gasteiger partial charge in [0.2, 0.25) is 0 Å². The van der Waals surface area contributed by atoms with Crippen molar-refractivity contribution in [3.05, 3.63) is 30.1 Å². The topological polar surface area (TPSA) is 66.5 Å². The molecule has 2 atom stereocenters. The number of hydrogen-bond donors (Lipinski definition) is 2. The third kappa shape index (κ3) is 4.96. The third-order valence-corrected chi connectivity index (χ3v) is 4.00. The molecule has 0 saturated carbocycles. The number of pyridine rings is 1. The Bertz CT molecular complexity index is 449. The Morgan fingerprint density at radius 1 is 1.45 bits per heavy atom. The second-order valence-electron chi connectivity index (χ2n) is 5.61. The number of carbonyl (C=O) groups excluding carboxylic acids is 1. The second-order valence-corrected chi connectivity index (χ2v) is 5.61. The van der Waals surface area contributed by atoms with Crippen molar-refractivity contribution in [1.82, 2.24) is 20.5 Å². The summed E-state index contributed by atoms with van der Waals surface area (Å²) >= 11 is 0. The van der Waals surface area contributed by atoms with E-state index in [2.05, 4.69) is 33.5 Å². The first-order valence-corrected chi connectivity index (χ1v) is 7.96. The molecule has 6 nitrogen and oxygen atoms in total. The lowest BCUT2D eigenvalue weighted by molar-refractivity contribution is 0.0166. The molecule has 1 aromatic heterocycles. The van der Waals surface area contributed by atoms with Gasteiger partial charge in [-0.3, -0.25) is 9.88 Å². The molecule has 0 radical (unpaired) electrons. The number of hydrogen-bond acceptors (Lipinski definition) is 4. The number of carbonyl (C=O) groups is 1. The molecule has 6 heteroatoms. The SMILES string of the molecule is CCC(C)NC(=O)NCC(c1cccnc1)N1CCOCC1. The Morgan fingerprint density at radius 3 is 2.86 bits per heavy atom. The van der Waals surface area contributed by atoms with Crippen LogP contribution in [-0.4, -0.2) is 54.8 Å². The molecule has 2 unspecified atom stereocenters. The highest BCUT2D eigenvalue weighted by molar-refractivity contribution is 5.74. The molecular formula is C16H26N4O2. The molecule has 0 bridgehead atoms. The van der Waals surface area contributed by atoms with Gasteiger partial charge in [-0.15, -0.1) is 0 Å². The van der Waals surface area contributed by atoms with Gasteiger partial charge in [0.1, 0.15) is 0 Å². The quantitative estimate of drug-likeness (QED) is 0.837. The van der Waals surface area contributed by atoms with E-state index in [1.54, 1.807) is 6.20 Å². The van der Waals surface area contributed by atoms with E-state index in [-0.39, 0.29) is 18.1 Å². The van der Waals surface area contributed by atoms with Crippen LogP contribution in [-0.2, 0) is 4.74 Å². The monoisotopic (exact) mass is 306 g/mol. The average molecular weight is 306 g/mol. The molecule has 2 rings (SSSR count). The van der Waals surface area contributed by atoms with Gasteiger partial charge in [0, 0.05) is 38.1 Å². The number of rotatable bonds is 6. The van der Waals surface area contributed by atoms with Crippen molar-refractivity contribution in [1.29, 1.82) is 0 Å². The first-order chi connectivity index (χ1) is 10.7. The van der Waals surface area contributed by atoms with E-state index >= 15 is 0 Å². The number of morpholine rings is 1. The Labute approximate surface area is 132 Å². The lowest BCUT2D eigenvalue weighted by Crippen LogP contribution is -2.47. The van der Waals surface area contributed by atoms with E-state index in [4.69, 9.17) is 4.74 Å². The largest absolute Gasteiger partial charge is 0.379 e. The maximum Gasteiger partial charge on any atom is 0.315 e. The van der Waals surface area contributed by atoms with Gasteiger partial charge in [0.25, 0.3) is 0 Å². The van der Waals surface area contributed by atoms with Crippen molar-refractivity contribution in [2.24, 2.45) is 0 Å². The fourth-order valence-corrected chi connectivity index (χ4v) is 2.49. The number of nitrogens with zero attached hydrogens (tertiary/aromatic N) is 2. The van der Waals surface area contributed by atoms with E-state index < -0.39 is 0 Å². The maximum absolute atomic E-state index is 11.9. The Morgan fingerprint density at radius 2 is 2.23 bits per heavy atom. The molecule has 2 N–H and O–H groups in total. The highest BCUT2D eigenvalue weighted by Crippen LogP contribution is 2.20. The zero-order chi connectivity index (χ0) is 15.8. The predicted octanol–water partition coefficient (Wildman–Crippen LogP) is 1.55. The van der Waals surface area contributed by atoms with Crippen LogP contribution >= 0.6 is 0 Å². The Hall–Kier alpha value is -1.66. The molecule has 22 heavy (non-hydrogen) atoms. The van der Waals surface area contributed by atoms with Gasteiger partial charge in [-0.1, -0.05) is 13.0 Å². The molecule has 0 spiro atoms. The third-order valence-electron chi connectivity index (χ3n) is 4.00. The highest BCUT2D eigenvalue weighted by Gasteiger charge is 2.23. The number of ether oxygens (including phenoxy) is 1. The van der Waals surface area contributed by atoms with Crippen molar-refractivity contribution in [2.45, 2.75) is 32.4 Å². The maximum atomic E-state index is 11.9. The van der Waals surface area contributed by atoms with Crippen LogP contribution in [0.3, 0.4) is 0 Å². The molecule has 1 aliphatic rings. The van der Waals surface area contributed by atoms with Crippen LogP contribution in [0.4, 0.5) is 4.79 Å². The van der Waals surface area contributed by atoms with Gasteiger partial charge in [0.15, 0.2) is 0 Å². The molecule has 122 valence electrons. The van der Waals surface area contributed by atoms with Gasteiger partial charge < -0.3 is 15.4 Å². The van der Waals surface area contributed by atoms with E-state index in [0.717, 1.165) is 38.3 Å². The van der Waals surface area contributed by atoms with Crippen LogP contribution in [0.2, 0.25) is 0 Å². The summed E-state index contributed by atoms with van der Waals surface area (Å²) in [4.78, 5) is 18.5. The fraction of sp³-hybridized carbons (Fsp3) is 0.625. The summed E-state index contributed by atoms with van der Waals surface area (Å²) in [5, 5.41) is 5.91. The number of nitrogens with one attached hydrogen (secondary N) is 2. The Balaban J connectivity index is 1.97. The standard InChI is InChI=1S/C16H26N4O2/c1-3-13(2)19-16(21)18-12-15(14-5-4-6-17-11-14)20-7-9-22-10-8-20/h4-6,11,13,15H,3,7-10,12H2,1-2H3,(H2,18,19,21). The van der Waals surface area contributed by atoms with Crippen LogP contribution in [0.25, 0.3) is 0 Å². The minimum Gasteiger partial charge on any atom is -0.379 e. The molecule has 2 heterocycles. The summed E-state index contributed by atoms with van der Waals surface area (Å²) in [6, 6.07) is 4.18. The Kier molecular flexibility index (Phi) is 6.61. The molecule has 0 aliphatic carbocycles. The molecule has 2 amide bonds. The summed E-state index contributed by atoms with van der Waals surface area (Å²) in [5.41, 5.74) is 1.12. The van der Waals surface area contributed by atoms with Gasteiger partial charge in [0.05, 0.1) is 19.3 Å². The first-order valence-electron chi connectivity index (χ1n) is 7.96. The molecule has 0 aromatic carbocycles. The van der Waals surface area contributed by atoms with Crippen LogP contribution in [0.1, 0.15) is 31.9 Å². The van der Waals surface area contributed by atoms with Crippen LogP contribution in [0, 0.1) is 0 Å². The molecule has 1 aromatic rings. The summed E-state index contributed by atoms with van der Waals surface area (Å²) in [7, 11) is 0. The zero-order valence-electron chi connectivity index (χ0n) is 13.4. The van der Waals surface area contributed by atoms with Gasteiger partial charge in [-0.05, 0) is 25.0 Å². The van der Waals surface area contributed by atoms with E-state index in [0.29, 0.717) is 6.54 Å². The number of urea groups is 1. The molecule has 1 saturated heterocycles. The van der Waals surface area contributed by atoms with Crippen molar-refractivity contribution in [2.75, 3.05) is 32.8 Å². The number of amides is 2. The number of aromatic nitrogens is 1. The van der Waals surface area contributed by atoms with Crippen molar-refractivity contribution < 1.29 is 9.53 Å². The fourth-order valence-electron chi connectivity index (χ4n) is 2.49.